The molecule has 1 fully saturated rings. The van der Waals surface area contributed by atoms with E-state index in [-0.39, 0.29) is 23.2 Å². The Morgan fingerprint density at radius 1 is 1.07 bits per heavy atom. The second-order valence-corrected chi connectivity index (χ2v) is 8.77. The van der Waals surface area contributed by atoms with Crippen LogP contribution < -0.4 is 14.9 Å². The van der Waals surface area contributed by atoms with Crippen LogP contribution in [0.3, 0.4) is 0 Å². The number of benzene rings is 2. The van der Waals surface area contributed by atoms with Gasteiger partial charge in [0.2, 0.25) is 5.91 Å². The van der Waals surface area contributed by atoms with Crippen LogP contribution in [0.15, 0.2) is 58.4 Å². The van der Waals surface area contributed by atoms with Crippen LogP contribution in [0, 0.1) is 0 Å². The van der Waals surface area contributed by atoms with E-state index >= 15 is 0 Å². The number of hydrogen-bond donors (Lipinski definition) is 2. The molecule has 2 aromatic carbocycles. The smallest absolute Gasteiger partial charge is 0.263 e. The molecule has 152 valence electrons. The first kappa shape index (κ1) is 19.4. The number of anilines is 2. The maximum atomic E-state index is 12.5. The Bertz CT molecular complexity index is 1060. The lowest BCUT2D eigenvalue weighted by Gasteiger charge is -2.35. The number of nitrogens with zero attached hydrogens (tertiary/aromatic N) is 3. The highest BCUT2D eigenvalue weighted by Gasteiger charge is 2.30. The molecule has 0 radical (unpaired) electrons. The molecule has 2 aliphatic heterocycles. The van der Waals surface area contributed by atoms with E-state index in [0.29, 0.717) is 5.56 Å². The number of amides is 1. The first-order chi connectivity index (χ1) is 13.9. The van der Waals surface area contributed by atoms with Gasteiger partial charge in [-0.15, -0.1) is 0 Å². The van der Waals surface area contributed by atoms with Gasteiger partial charge in [0.1, 0.15) is 12.4 Å². The second kappa shape index (κ2) is 7.84. The Kier molecular flexibility index (Phi) is 5.25. The third-order valence-electron chi connectivity index (χ3n) is 5.07. The summed E-state index contributed by atoms with van der Waals surface area (Å²) in [6.45, 7) is 3.54. The van der Waals surface area contributed by atoms with Crippen molar-refractivity contribution in [3.8, 4) is 0 Å². The molecule has 8 nitrogen and oxygen atoms in total. The van der Waals surface area contributed by atoms with E-state index in [1.54, 1.807) is 18.2 Å². The van der Waals surface area contributed by atoms with Crippen LogP contribution in [0.5, 0.6) is 0 Å². The van der Waals surface area contributed by atoms with Crippen molar-refractivity contribution in [3.63, 3.8) is 0 Å². The molecule has 0 saturated carbocycles. The number of hydrogen-bond acceptors (Lipinski definition) is 6. The predicted molar refractivity (Wildman–Crippen MR) is 113 cm³/mol. The minimum absolute atomic E-state index is 0.177. The average molecular weight is 414 g/mol. The van der Waals surface area contributed by atoms with Crippen molar-refractivity contribution in [2.45, 2.75) is 4.90 Å². The zero-order valence-corrected chi connectivity index (χ0v) is 16.9. The van der Waals surface area contributed by atoms with Gasteiger partial charge in [0.15, 0.2) is 0 Å². The molecule has 2 heterocycles. The van der Waals surface area contributed by atoms with E-state index < -0.39 is 10.0 Å². The molecule has 29 heavy (non-hydrogen) atoms. The van der Waals surface area contributed by atoms with Gasteiger partial charge in [-0.1, -0.05) is 24.3 Å². The third kappa shape index (κ3) is 4.10. The molecule has 2 aliphatic rings. The number of fused-ring (bicyclic) bond motifs is 1. The van der Waals surface area contributed by atoms with Gasteiger partial charge in [-0.2, -0.15) is 0 Å². The van der Waals surface area contributed by atoms with Crippen LogP contribution in [0.1, 0.15) is 5.56 Å². The van der Waals surface area contributed by atoms with Crippen molar-refractivity contribution in [1.82, 2.24) is 9.62 Å². The number of carbonyl (C=O) groups is 1. The number of carbonyl (C=O) groups excluding carboxylic acids is 1. The molecule has 4 rings (SSSR count). The second-order valence-electron chi connectivity index (χ2n) is 7.12. The molecule has 0 unspecified atom stereocenters. The molecule has 0 aliphatic carbocycles. The van der Waals surface area contributed by atoms with Gasteiger partial charge < -0.3 is 15.1 Å². The number of para-hydroxylation sites is 2. The topological polar surface area (TPSA) is 94.1 Å². The lowest BCUT2D eigenvalue weighted by molar-refractivity contribution is -0.114. The van der Waals surface area contributed by atoms with Crippen molar-refractivity contribution in [1.29, 1.82) is 0 Å². The predicted octanol–water partition coefficient (Wildman–Crippen LogP) is 1.12. The van der Waals surface area contributed by atoms with Gasteiger partial charge in [0, 0.05) is 31.7 Å². The first-order valence-corrected chi connectivity index (χ1v) is 10.9. The highest BCUT2D eigenvalue weighted by atomic mass is 32.2. The first-order valence-electron chi connectivity index (χ1n) is 9.43. The van der Waals surface area contributed by atoms with Gasteiger partial charge in [-0.05, 0) is 31.3 Å². The summed E-state index contributed by atoms with van der Waals surface area (Å²) < 4.78 is 26.7. The highest BCUT2D eigenvalue weighted by Crippen LogP contribution is 2.26. The Hall–Kier alpha value is -2.91. The molecule has 0 bridgehead atoms. The van der Waals surface area contributed by atoms with Gasteiger partial charge in [0.05, 0.1) is 16.3 Å². The standard InChI is InChI=1S/C20H23N5O3S/c1-24-10-12-25(13-11-24)17-8-4-3-7-16(17)22-19(26)14-21-20-15-6-2-5-9-18(15)29(27,28)23-20/h2-9H,10-14H2,1H3,(H,21,23)(H,22,26). The zero-order valence-electron chi connectivity index (χ0n) is 16.1. The van der Waals surface area contributed by atoms with Crippen molar-refractivity contribution >= 4 is 33.1 Å². The van der Waals surface area contributed by atoms with Crippen LogP contribution >= 0.6 is 0 Å². The zero-order chi connectivity index (χ0) is 20.4. The van der Waals surface area contributed by atoms with E-state index in [1.807, 2.05) is 24.3 Å². The Balaban J connectivity index is 1.47. The van der Waals surface area contributed by atoms with Crippen LogP contribution in [0.2, 0.25) is 0 Å². The largest absolute Gasteiger partial charge is 0.367 e. The van der Waals surface area contributed by atoms with Gasteiger partial charge in [-0.25, -0.2) is 8.42 Å². The molecular formula is C20H23N5O3S. The van der Waals surface area contributed by atoms with Crippen LogP contribution in [-0.4, -0.2) is 64.8 Å². The molecule has 2 N–H and O–H groups in total. The summed E-state index contributed by atoms with van der Waals surface area (Å²) in [7, 11) is -1.51. The monoisotopic (exact) mass is 413 g/mol. The van der Waals surface area contributed by atoms with Crippen LogP contribution in [-0.2, 0) is 14.8 Å². The summed E-state index contributed by atoms with van der Waals surface area (Å²) in [6.07, 6.45) is 0. The molecule has 1 saturated heterocycles. The Labute approximate surface area is 170 Å². The van der Waals surface area contributed by atoms with Crippen LogP contribution in [0.4, 0.5) is 11.4 Å². The van der Waals surface area contributed by atoms with Crippen molar-refractivity contribution < 1.29 is 13.2 Å². The summed E-state index contributed by atoms with van der Waals surface area (Å²) >= 11 is 0. The maximum absolute atomic E-state index is 12.5. The molecule has 9 heteroatoms. The fourth-order valence-corrected chi connectivity index (χ4v) is 4.75. The summed E-state index contributed by atoms with van der Waals surface area (Å²) in [6, 6.07) is 14.3. The molecule has 1 amide bonds. The van der Waals surface area contributed by atoms with Crippen LogP contribution in [0.25, 0.3) is 0 Å². The molecule has 0 aromatic heterocycles. The number of likely N-dealkylation sites (N-methyl/N-ethyl adjacent to an activating group) is 1. The molecule has 2 aromatic rings. The minimum Gasteiger partial charge on any atom is -0.367 e. The summed E-state index contributed by atoms with van der Waals surface area (Å²) in [5.41, 5.74) is 2.20. The van der Waals surface area contributed by atoms with Crippen molar-refractivity contribution in [2.75, 3.05) is 50.0 Å². The average Bonchev–Trinajstić information content (AvgIpc) is 2.98. The lowest BCUT2D eigenvalue weighted by Crippen LogP contribution is -2.44. The number of amidine groups is 1. The number of piperazine rings is 1. The fraction of sp³-hybridized carbons (Fsp3) is 0.300. The van der Waals surface area contributed by atoms with E-state index in [9.17, 15) is 13.2 Å². The molecule has 0 spiro atoms. The normalized spacial score (nSPS) is 19.6. The quantitative estimate of drug-likeness (QED) is 0.783. The van der Waals surface area contributed by atoms with Crippen molar-refractivity contribution in [3.05, 3.63) is 54.1 Å². The highest BCUT2D eigenvalue weighted by molar-refractivity contribution is 7.90. The number of aliphatic imine (C=N–C) groups is 1. The van der Waals surface area contributed by atoms with Gasteiger partial charge in [0.25, 0.3) is 10.0 Å². The minimum atomic E-state index is -3.61. The Morgan fingerprint density at radius 3 is 2.55 bits per heavy atom. The Morgan fingerprint density at radius 2 is 1.76 bits per heavy atom. The number of nitrogens with one attached hydrogen (secondary N) is 2. The third-order valence-corrected chi connectivity index (χ3v) is 6.46. The summed E-state index contributed by atoms with van der Waals surface area (Å²) in [5, 5.41) is 2.91. The van der Waals surface area contributed by atoms with Crippen molar-refractivity contribution in [2.24, 2.45) is 4.99 Å². The summed E-state index contributed by atoms with van der Waals surface area (Å²) in [4.78, 5) is 21.4. The van der Waals surface area contributed by atoms with Gasteiger partial charge in [-0.3, -0.25) is 14.5 Å². The van der Waals surface area contributed by atoms with E-state index in [1.165, 1.54) is 6.07 Å². The van der Waals surface area contributed by atoms with E-state index in [2.05, 4.69) is 31.9 Å². The number of rotatable bonds is 4. The summed E-state index contributed by atoms with van der Waals surface area (Å²) in [5.74, 6) is -0.106. The lowest BCUT2D eigenvalue weighted by atomic mass is 10.2. The van der Waals surface area contributed by atoms with E-state index in [0.717, 1.165) is 37.6 Å². The fourth-order valence-electron chi connectivity index (χ4n) is 3.49. The SMILES string of the molecule is CN1CCN(c2ccccc2NC(=O)CN=C2NS(=O)(=O)c3ccccc32)CC1. The molecule has 0 atom stereocenters. The molecular weight excluding hydrogens is 390 g/mol. The maximum Gasteiger partial charge on any atom is 0.263 e. The van der Waals surface area contributed by atoms with E-state index in [4.69, 9.17) is 0 Å². The van der Waals surface area contributed by atoms with Gasteiger partial charge >= 0.3 is 0 Å². The number of sulfonamides is 1.